The standard InChI is InChI=1S/C16H22N2O2/c1-3-14(15(20)10-19)13-8-11(2)16(18-9-13)12-4-6-17-7-5-12/h3-4,8-9,14-15,17,19-20H,1,5-7,10H2,2H3. The van der Waals surface area contributed by atoms with Crippen molar-refractivity contribution in [2.24, 2.45) is 0 Å². The molecule has 0 bridgehead atoms. The molecular weight excluding hydrogens is 252 g/mol. The maximum atomic E-state index is 9.81. The van der Waals surface area contributed by atoms with Crippen LogP contribution in [-0.4, -0.2) is 41.0 Å². The summed E-state index contributed by atoms with van der Waals surface area (Å²) in [5.74, 6) is -0.290. The maximum absolute atomic E-state index is 9.81. The summed E-state index contributed by atoms with van der Waals surface area (Å²) in [7, 11) is 0. The highest BCUT2D eigenvalue weighted by atomic mass is 16.3. The van der Waals surface area contributed by atoms with Gasteiger partial charge in [0.15, 0.2) is 0 Å². The molecule has 0 saturated carbocycles. The molecular formula is C16H22N2O2. The highest BCUT2D eigenvalue weighted by Gasteiger charge is 2.19. The third-order valence-corrected chi connectivity index (χ3v) is 3.71. The average molecular weight is 274 g/mol. The lowest BCUT2D eigenvalue weighted by Crippen LogP contribution is -2.22. The van der Waals surface area contributed by atoms with E-state index in [1.165, 1.54) is 5.57 Å². The van der Waals surface area contributed by atoms with Crippen LogP contribution in [-0.2, 0) is 0 Å². The molecule has 3 N–H and O–H groups in total. The molecule has 1 aliphatic heterocycles. The normalized spacial score (nSPS) is 18.2. The summed E-state index contributed by atoms with van der Waals surface area (Å²) in [5.41, 5.74) is 4.27. The number of aryl methyl sites for hydroxylation is 1. The van der Waals surface area contributed by atoms with Gasteiger partial charge in [-0.1, -0.05) is 18.2 Å². The molecule has 2 rings (SSSR count). The highest BCUT2D eigenvalue weighted by molar-refractivity contribution is 5.66. The first kappa shape index (κ1) is 14.9. The second kappa shape index (κ2) is 6.79. The summed E-state index contributed by atoms with van der Waals surface area (Å²) < 4.78 is 0. The number of pyridine rings is 1. The van der Waals surface area contributed by atoms with Gasteiger partial charge in [0.1, 0.15) is 0 Å². The van der Waals surface area contributed by atoms with Gasteiger partial charge in [-0.15, -0.1) is 6.58 Å². The van der Waals surface area contributed by atoms with Crippen molar-refractivity contribution < 1.29 is 10.2 Å². The molecule has 1 aromatic heterocycles. The van der Waals surface area contributed by atoms with Crippen molar-refractivity contribution in [1.29, 1.82) is 0 Å². The predicted molar refractivity (Wildman–Crippen MR) is 80.5 cm³/mol. The van der Waals surface area contributed by atoms with Crippen LogP contribution in [0, 0.1) is 6.92 Å². The Morgan fingerprint density at radius 3 is 2.90 bits per heavy atom. The van der Waals surface area contributed by atoms with Crippen molar-refractivity contribution >= 4 is 5.57 Å². The van der Waals surface area contributed by atoms with Crippen LogP contribution in [0.3, 0.4) is 0 Å². The van der Waals surface area contributed by atoms with E-state index in [2.05, 4.69) is 23.0 Å². The minimum absolute atomic E-state index is 0.283. The van der Waals surface area contributed by atoms with E-state index < -0.39 is 6.10 Å². The van der Waals surface area contributed by atoms with Crippen molar-refractivity contribution in [2.45, 2.75) is 25.4 Å². The Hall–Kier alpha value is -1.49. The monoisotopic (exact) mass is 274 g/mol. The van der Waals surface area contributed by atoms with Crippen molar-refractivity contribution in [2.75, 3.05) is 19.7 Å². The number of hydrogen-bond donors (Lipinski definition) is 3. The second-order valence-corrected chi connectivity index (χ2v) is 5.13. The van der Waals surface area contributed by atoms with Gasteiger partial charge in [0.05, 0.1) is 18.4 Å². The first-order valence-electron chi connectivity index (χ1n) is 6.95. The Balaban J connectivity index is 2.29. The number of nitrogens with one attached hydrogen (secondary N) is 1. The van der Waals surface area contributed by atoms with Gasteiger partial charge in [0.25, 0.3) is 0 Å². The van der Waals surface area contributed by atoms with E-state index in [0.717, 1.165) is 36.3 Å². The van der Waals surface area contributed by atoms with E-state index in [0.29, 0.717) is 0 Å². The maximum Gasteiger partial charge on any atom is 0.0874 e. The Kier molecular flexibility index (Phi) is 5.06. The van der Waals surface area contributed by atoms with Crippen molar-refractivity contribution in [3.8, 4) is 0 Å². The topological polar surface area (TPSA) is 65.4 Å². The molecule has 0 spiro atoms. The Morgan fingerprint density at radius 2 is 2.35 bits per heavy atom. The summed E-state index contributed by atoms with van der Waals surface area (Å²) in [6.07, 6.45) is 5.75. The summed E-state index contributed by atoms with van der Waals surface area (Å²) in [4.78, 5) is 4.55. The van der Waals surface area contributed by atoms with Gasteiger partial charge < -0.3 is 15.5 Å². The van der Waals surface area contributed by atoms with Crippen molar-refractivity contribution in [1.82, 2.24) is 10.3 Å². The fourth-order valence-electron chi connectivity index (χ4n) is 2.58. The van der Waals surface area contributed by atoms with Crippen LogP contribution in [0.25, 0.3) is 5.57 Å². The zero-order valence-electron chi connectivity index (χ0n) is 11.8. The molecule has 0 saturated heterocycles. The average Bonchev–Trinajstić information content (AvgIpc) is 2.49. The molecule has 1 aromatic rings. The fraction of sp³-hybridized carbons (Fsp3) is 0.438. The Morgan fingerprint density at radius 1 is 1.55 bits per heavy atom. The van der Waals surface area contributed by atoms with Crippen LogP contribution >= 0.6 is 0 Å². The molecule has 0 aliphatic carbocycles. The van der Waals surface area contributed by atoms with Crippen LogP contribution in [0.4, 0.5) is 0 Å². The smallest absolute Gasteiger partial charge is 0.0874 e. The van der Waals surface area contributed by atoms with Crippen LogP contribution in [0.5, 0.6) is 0 Å². The van der Waals surface area contributed by atoms with E-state index in [1.807, 2.05) is 13.0 Å². The quantitative estimate of drug-likeness (QED) is 0.710. The number of aliphatic hydroxyl groups is 2. The summed E-state index contributed by atoms with van der Waals surface area (Å²) in [6.45, 7) is 7.34. The molecule has 2 unspecified atom stereocenters. The minimum Gasteiger partial charge on any atom is -0.394 e. The molecule has 0 radical (unpaired) electrons. The van der Waals surface area contributed by atoms with Gasteiger partial charge in [0, 0.05) is 18.7 Å². The molecule has 20 heavy (non-hydrogen) atoms. The number of aromatic nitrogens is 1. The van der Waals surface area contributed by atoms with E-state index >= 15 is 0 Å². The van der Waals surface area contributed by atoms with Gasteiger partial charge in [0.2, 0.25) is 0 Å². The first-order chi connectivity index (χ1) is 9.67. The summed E-state index contributed by atoms with van der Waals surface area (Å²) in [5, 5.41) is 22.2. The van der Waals surface area contributed by atoms with Gasteiger partial charge in [-0.25, -0.2) is 0 Å². The molecule has 0 aromatic carbocycles. The van der Waals surface area contributed by atoms with E-state index in [1.54, 1.807) is 12.3 Å². The zero-order chi connectivity index (χ0) is 14.5. The third kappa shape index (κ3) is 3.15. The number of rotatable bonds is 5. The Bertz CT molecular complexity index is 511. The zero-order valence-corrected chi connectivity index (χ0v) is 11.8. The first-order valence-corrected chi connectivity index (χ1v) is 6.95. The molecule has 108 valence electrons. The molecule has 0 amide bonds. The summed E-state index contributed by atoms with van der Waals surface area (Å²) in [6, 6.07) is 2.02. The molecule has 4 nitrogen and oxygen atoms in total. The minimum atomic E-state index is -0.836. The molecule has 0 fully saturated rings. The van der Waals surface area contributed by atoms with Crippen LogP contribution < -0.4 is 5.32 Å². The van der Waals surface area contributed by atoms with Crippen LogP contribution in [0.2, 0.25) is 0 Å². The lowest BCUT2D eigenvalue weighted by Gasteiger charge is -2.20. The third-order valence-electron chi connectivity index (χ3n) is 3.71. The van der Waals surface area contributed by atoms with Crippen LogP contribution in [0.15, 0.2) is 31.0 Å². The molecule has 2 heterocycles. The van der Waals surface area contributed by atoms with Crippen molar-refractivity contribution in [3.05, 3.63) is 47.8 Å². The Labute approximate surface area is 119 Å². The number of nitrogens with zero attached hydrogens (tertiary/aromatic N) is 1. The van der Waals surface area contributed by atoms with Gasteiger partial charge >= 0.3 is 0 Å². The van der Waals surface area contributed by atoms with Crippen LogP contribution in [0.1, 0.15) is 29.2 Å². The lowest BCUT2D eigenvalue weighted by molar-refractivity contribution is 0.0840. The number of hydrogen-bond acceptors (Lipinski definition) is 4. The molecule has 1 aliphatic rings. The van der Waals surface area contributed by atoms with Gasteiger partial charge in [-0.2, -0.15) is 0 Å². The van der Waals surface area contributed by atoms with Crippen molar-refractivity contribution in [3.63, 3.8) is 0 Å². The lowest BCUT2D eigenvalue weighted by atomic mass is 9.92. The SMILES string of the molecule is C=CC(c1cnc(C2=CCNCC2)c(C)c1)C(O)CO. The second-order valence-electron chi connectivity index (χ2n) is 5.13. The summed E-state index contributed by atoms with van der Waals surface area (Å²) >= 11 is 0. The molecule has 2 atom stereocenters. The van der Waals surface area contributed by atoms with E-state index in [4.69, 9.17) is 5.11 Å². The van der Waals surface area contributed by atoms with Gasteiger partial charge in [-0.05, 0) is 36.6 Å². The van der Waals surface area contributed by atoms with Gasteiger partial charge in [-0.3, -0.25) is 4.98 Å². The number of aliphatic hydroxyl groups excluding tert-OH is 2. The van der Waals surface area contributed by atoms with E-state index in [9.17, 15) is 5.11 Å². The largest absolute Gasteiger partial charge is 0.394 e. The predicted octanol–water partition coefficient (Wildman–Crippen LogP) is 1.39. The molecule has 4 heteroatoms. The fourth-order valence-corrected chi connectivity index (χ4v) is 2.58. The van der Waals surface area contributed by atoms with E-state index in [-0.39, 0.29) is 12.5 Å². The highest BCUT2D eigenvalue weighted by Crippen LogP contribution is 2.26.